The molecule has 12 nitrogen and oxygen atoms in total. The van der Waals surface area contributed by atoms with Gasteiger partial charge in [-0.15, -0.1) is 0 Å². The van der Waals surface area contributed by atoms with Gasteiger partial charge in [-0.1, -0.05) is 0 Å². The van der Waals surface area contributed by atoms with E-state index in [1.807, 2.05) is 0 Å². The first kappa shape index (κ1) is 23.9. The summed E-state index contributed by atoms with van der Waals surface area (Å²) in [6.07, 6.45) is 3.30. The highest BCUT2D eigenvalue weighted by molar-refractivity contribution is 5.91. The number of aromatic nitrogens is 2. The van der Waals surface area contributed by atoms with Crippen molar-refractivity contribution in [3.8, 4) is 17.2 Å². The van der Waals surface area contributed by atoms with Crippen molar-refractivity contribution in [2.45, 2.75) is 49.9 Å². The van der Waals surface area contributed by atoms with E-state index in [0.717, 1.165) is 25.0 Å². The molecule has 192 valence electrons. The molecule has 2 bridgehead atoms. The molecule has 0 spiro atoms. The molecule has 1 aromatic heterocycles. The summed E-state index contributed by atoms with van der Waals surface area (Å²) >= 11 is 0. The molecular weight excluding hydrogens is 472 g/mol. The number of benzene rings is 1. The number of carbonyl (C=O) groups is 3. The predicted octanol–water partition coefficient (Wildman–Crippen LogP) is 2.20. The highest BCUT2D eigenvalue weighted by Gasteiger charge is 2.43. The van der Waals surface area contributed by atoms with Crippen molar-refractivity contribution in [3.05, 3.63) is 29.5 Å². The Morgan fingerprint density at radius 2 is 2.17 bits per heavy atom. The highest BCUT2D eigenvalue weighted by Crippen LogP contribution is 2.37. The zero-order valence-corrected chi connectivity index (χ0v) is 19.8. The van der Waals surface area contributed by atoms with Gasteiger partial charge < -0.3 is 34.3 Å². The molecule has 0 unspecified atom stereocenters. The van der Waals surface area contributed by atoms with E-state index in [1.54, 1.807) is 11.0 Å². The fraction of sp³-hybridized carbons (Fsp3) is 0.500. The Morgan fingerprint density at radius 1 is 1.31 bits per heavy atom. The maximum absolute atomic E-state index is 12.5. The number of carbonyl (C=O) groups excluding carboxylic acids is 3. The van der Waals surface area contributed by atoms with Crippen LogP contribution in [0, 0.1) is 0 Å². The Bertz CT molecular complexity index is 1150. The molecule has 2 saturated heterocycles. The van der Waals surface area contributed by atoms with E-state index in [2.05, 4.69) is 15.5 Å². The molecule has 2 aliphatic heterocycles. The van der Waals surface area contributed by atoms with Crippen LogP contribution in [-0.2, 0) is 14.3 Å². The van der Waals surface area contributed by atoms with Gasteiger partial charge in [0.1, 0.15) is 23.4 Å². The fourth-order valence-corrected chi connectivity index (χ4v) is 5.04. The SMILES string of the molecule is COc1cc(O)c(C=O)c(OCC(=O)Nc2cc([C@H]3CC[C@@H](OC(=O)N4C[C@@H]5C[C@H]4CO5)C3)[nH]n2)c1. The van der Waals surface area contributed by atoms with Gasteiger partial charge in [-0.25, -0.2) is 4.79 Å². The molecule has 2 aromatic rings. The summed E-state index contributed by atoms with van der Waals surface area (Å²) in [5, 5.41) is 19.7. The second kappa shape index (κ2) is 10.1. The maximum Gasteiger partial charge on any atom is 0.410 e. The second-order valence-corrected chi connectivity index (χ2v) is 9.23. The minimum atomic E-state index is -0.491. The number of ether oxygens (including phenoxy) is 4. The minimum absolute atomic E-state index is 0.0283. The van der Waals surface area contributed by atoms with Crippen LogP contribution in [0.3, 0.4) is 0 Å². The third-order valence-corrected chi connectivity index (χ3v) is 6.90. The molecule has 2 amide bonds. The molecule has 1 aliphatic carbocycles. The van der Waals surface area contributed by atoms with Crippen LogP contribution in [-0.4, -0.2) is 83.6 Å². The zero-order chi connectivity index (χ0) is 25.2. The van der Waals surface area contributed by atoms with Crippen LogP contribution < -0.4 is 14.8 Å². The number of methoxy groups -OCH3 is 1. The van der Waals surface area contributed by atoms with Crippen LogP contribution in [0.5, 0.6) is 17.2 Å². The average molecular weight is 501 g/mol. The molecule has 0 radical (unpaired) electrons. The van der Waals surface area contributed by atoms with Crippen LogP contribution in [0.1, 0.15) is 47.7 Å². The van der Waals surface area contributed by atoms with Crippen molar-refractivity contribution in [3.63, 3.8) is 0 Å². The number of aromatic hydroxyl groups is 1. The number of phenols is 1. The number of phenolic OH excluding ortho intramolecular Hbond substituents is 1. The van der Waals surface area contributed by atoms with E-state index in [1.165, 1.54) is 19.2 Å². The lowest BCUT2D eigenvalue weighted by Gasteiger charge is -2.27. The summed E-state index contributed by atoms with van der Waals surface area (Å²) in [6, 6.07) is 4.57. The van der Waals surface area contributed by atoms with Gasteiger partial charge in [0, 0.05) is 29.8 Å². The molecule has 3 heterocycles. The first-order valence-electron chi connectivity index (χ1n) is 11.9. The van der Waals surface area contributed by atoms with Crippen LogP contribution in [0.4, 0.5) is 10.6 Å². The van der Waals surface area contributed by atoms with Gasteiger partial charge in [0.25, 0.3) is 5.91 Å². The largest absolute Gasteiger partial charge is 0.507 e. The predicted molar refractivity (Wildman–Crippen MR) is 124 cm³/mol. The number of aldehydes is 1. The van der Waals surface area contributed by atoms with Crippen molar-refractivity contribution in [2.75, 3.05) is 32.2 Å². The van der Waals surface area contributed by atoms with Gasteiger partial charge in [-0.3, -0.25) is 14.7 Å². The smallest absolute Gasteiger partial charge is 0.410 e. The van der Waals surface area contributed by atoms with Crippen molar-refractivity contribution in [2.24, 2.45) is 0 Å². The van der Waals surface area contributed by atoms with Gasteiger partial charge in [0.15, 0.2) is 18.7 Å². The lowest BCUT2D eigenvalue weighted by Crippen LogP contribution is -2.42. The monoisotopic (exact) mass is 500 g/mol. The molecular formula is C24H28N4O8. The number of hydrogen-bond acceptors (Lipinski definition) is 9. The number of amides is 2. The van der Waals surface area contributed by atoms with E-state index >= 15 is 0 Å². The molecule has 5 rings (SSSR count). The number of nitrogens with zero attached hydrogens (tertiary/aromatic N) is 2. The number of aromatic amines is 1. The number of likely N-dealkylation sites (tertiary alicyclic amines) is 1. The normalized spacial score (nSPS) is 24.5. The third kappa shape index (κ3) is 4.94. The average Bonchev–Trinajstić information content (AvgIpc) is 3.67. The summed E-state index contributed by atoms with van der Waals surface area (Å²) in [6.45, 7) is 0.782. The number of fused-ring (bicyclic) bond motifs is 2. The van der Waals surface area contributed by atoms with Crippen molar-refractivity contribution >= 4 is 24.1 Å². The van der Waals surface area contributed by atoms with E-state index in [0.29, 0.717) is 31.7 Å². The molecule has 3 aliphatic rings. The molecule has 1 saturated carbocycles. The molecule has 4 atom stereocenters. The summed E-state index contributed by atoms with van der Waals surface area (Å²) in [4.78, 5) is 37.9. The number of anilines is 1. The summed E-state index contributed by atoms with van der Waals surface area (Å²) in [5.41, 5.74) is 0.770. The Labute approximate surface area is 206 Å². The zero-order valence-electron chi connectivity index (χ0n) is 19.8. The van der Waals surface area contributed by atoms with Crippen LogP contribution in [0.2, 0.25) is 0 Å². The number of H-pyrrole nitrogens is 1. The minimum Gasteiger partial charge on any atom is -0.507 e. The Balaban J connectivity index is 1.11. The molecule has 1 aromatic carbocycles. The Kier molecular flexibility index (Phi) is 6.68. The lowest BCUT2D eigenvalue weighted by atomic mass is 10.0. The highest BCUT2D eigenvalue weighted by atomic mass is 16.6. The third-order valence-electron chi connectivity index (χ3n) is 6.90. The maximum atomic E-state index is 12.5. The number of hydrogen-bond donors (Lipinski definition) is 3. The molecule has 3 N–H and O–H groups in total. The Morgan fingerprint density at radius 3 is 2.89 bits per heavy atom. The number of nitrogens with one attached hydrogen (secondary N) is 2. The van der Waals surface area contributed by atoms with E-state index in [9.17, 15) is 19.5 Å². The summed E-state index contributed by atoms with van der Waals surface area (Å²) in [5.74, 6) is -0.0248. The summed E-state index contributed by atoms with van der Waals surface area (Å²) in [7, 11) is 1.41. The van der Waals surface area contributed by atoms with Crippen molar-refractivity contribution in [1.82, 2.24) is 15.1 Å². The van der Waals surface area contributed by atoms with Crippen LogP contribution in [0.15, 0.2) is 18.2 Å². The quantitative estimate of drug-likeness (QED) is 0.463. The molecule has 12 heteroatoms. The van der Waals surface area contributed by atoms with Gasteiger partial charge in [-0.05, 0) is 25.7 Å². The van der Waals surface area contributed by atoms with Gasteiger partial charge in [-0.2, -0.15) is 5.10 Å². The first-order chi connectivity index (χ1) is 17.4. The fourth-order valence-electron chi connectivity index (χ4n) is 5.04. The van der Waals surface area contributed by atoms with E-state index < -0.39 is 12.5 Å². The lowest BCUT2D eigenvalue weighted by molar-refractivity contribution is -0.118. The van der Waals surface area contributed by atoms with Gasteiger partial charge >= 0.3 is 6.09 Å². The Hall–Kier alpha value is -3.80. The van der Waals surface area contributed by atoms with Crippen molar-refractivity contribution < 1.29 is 38.4 Å². The first-order valence-corrected chi connectivity index (χ1v) is 11.9. The molecule has 36 heavy (non-hydrogen) atoms. The standard InChI is InChI=1S/C24H28N4O8/c1-33-16-6-20(30)18(10-29)21(7-16)35-12-23(31)25-22-8-19(26-27-22)13-2-3-15(4-13)36-24(32)28-9-17-5-14(28)11-34-17/h6-8,10,13-15,17,30H,2-5,9,11-12H2,1H3,(H2,25,26,27,31)/t13-,14-,15+,17-/m0/s1. The number of morpholine rings is 1. The van der Waals surface area contributed by atoms with Crippen molar-refractivity contribution in [1.29, 1.82) is 0 Å². The topological polar surface area (TPSA) is 152 Å². The van der Waals surface area contributed by atoms with E-state index in [4.69, 9.17) is 18.9 Å². The number of rotatable bonds is 8. The van der Waals surface area contributed by atoms with Crippen LogP contribution in [0.25, 0.3) is 0 Å². The van der Waals surface area contributed by atoms with Crippen LogP contribution >= 0.6 is 0 Å². The van der Waals surface area contributed by atoms with Gasteiger partial charge in [0.2, 0.25) is 0 Å². The second-order valence-electron chi connectivity index (χ2n) is 9.23. The summed E-state index contributed by atoms with van der Waals surface area (Å²) < 4.78 is 21.8. The van der Waals surface area contributed by atoms with E-state index in [-0.39, 0.29) is 53.1 Å². The van der Waals surface area contributed by atoms with Gasteiger partial charge in [0.05, 0.1) is 38.0 Å². The molecule has 3 fully saturated rings.